The molecule has 0 bridgehead atoms. The van der Waals surface area contributed by atoms with Gasteiger partial charge >= 0.3 is 12.1 Å². The maximum absolute atomic E-state index is 13.7. The molecule has 3 aromatic carbocycles. The number of hydrogen-bond donors (Lipinski definition) is 0. The lowest BCUT2D eigenvalue weighted by Gasteiger charge is -2.45. The second-order valence-electron chi connectivity index (χ2n) is 9.58. The number of carbonyl (C=O) groups is 2. The molecule has 4 rings (SSSR count). The fourth-order valence-electron chi connectivity index (χ4n) is 4.36. The summed E-state index contributed by atoms with van der Waals surface area (Å²) in [4.78, 5) is 28.8. The number of rotatable bonds is 5. The molecule has 1 saturated heterocycles. The van der Waals surface area contributed by atoms with Gasteiger partial charge in [0.05, 0.1) is 7.11 Å². The zero-order valence-corrected chi connectivity index (χ0v) is 20.5. The third kappa shape index (κ3) is 5.65. The van der Waals surface area contributed by atoms with Crippen LogP contribution >= 0.6 is 0 Å². The van der Waals surface area contributed by atoms with Gasteiger partial charge in [-0.3, -0.25) is 4.90 Å². The number of esters is 1. The second-order valence-corrected chi connectivity index (χ2v) is 9.58. The Bertz CT molecular complexity index is 1160. The lowest BCUT2D eigenvalue weighted by atomic mass is 9.90. The molecule has 3 aromatic rings. The molecule has 35 heavy (non-hydrogen) atoms. The van der Waals surface area contributed by atoms with Crippen LogP contribution in [-0.2, 0) is 20.7 Å². The fraction of sp³-hybridized carbons (Fsp3) is 0.310. The van der Waals surface area contributed by atoms with Crippen LogP contribution in [0.15, 0.2) is 84.9 Å². The van der Waals surface area contributed by atoms with Crippen LogP contribution in [0.25, 0.3) is 0 Å². The van der Waals surface area contributed by atoms with Crippen molar-refractivity contribution >= 4 is 12.1 Å². The van der Waals surface area contributed by atoms with Crippen molar-refractivity contribution in [2.75, 3.05) is 7.11 Å². The molecular weight excluding hydrogens is 442 g/mol. The molecule has 6 nitrogen and oxygen atoms in total. The summed E-state index contributed by atoms with van der Waals surface area (Å²) in [5.41, 5.74) is 1.78. The summed E-state index contributed by atoms with van der Waals surface area (Å²) < 4.78 is 17.3. The minimum atomic E-state index is -0.873. The van der Waals surface area contributed by atoms with Gasteiger partial charge in [-0.2, -0.15) is 0 Å². The van der Waals surface area contributed by atoms with Crippen molar-refractivity contribution in [1.82, 2.24) is 4.90 Å². The molecule has 0 radical (unpaired) electrons. The molecule has 1 aliphatic heterocycles. The highest BCUT2D eigenvalue weighted by molar-refractivity contribution is 5.84. The highest BCUT2D eigenvalue weighted by atomic mass is 16.6. The molecule has 0 N–H and O–H groups in total. The summed E-state index contributed by atoms with van der Waals surface area (Å²) in [6.07, 6.45) is -0.975. The molecule has 1 amide bonds. The summed E-state index contributed by atoms with van der Waals surface area (Å²) in [5.74, 6) is 0.206. The van der Waals surface area contributed by atoms with E-state index in [1.807, 2.05) is 106 Å². The molecule has 0 aromatic heterocycles. The molecule has 0 saturated carbocycles. The van der Waals surface area contributed by atoms with E-state index in [9.17, 15) is 9.59 Å². The topological polar surface area (TPSA) is 65.1 Å². The maximum Gasteiger partial charge on any atom is 0.411 e. The van der Waals surface area contributed by atoms with Crippen molar-refractivity contribution < 1.29 is 23.8 Å². The van der Waals surface area contributed by atoms with Crippen molar-refractivity contribution in [3.8, 4) is 5.75 Å². The van der Waals surface area contributed by atoms with Crippen molar-refractivity contribution in [3.05, 3.63) is 102 Å². The first-order chi connectivity index (χ1) is 16.8. The van der Waals surface area contributed by atoms with Crippen LogP contribution in [0.2, 0.25) is 0 Å². The largest absolute Gasteiger partial charge is 0.497 e. The van der Waals surface area contributed by atoms with Crippen LogP contribution in [0.1, 0.15) is 49.6 Å². The first kappa shape index (κ1) is 24.3. The van der Waals surface area contributed by atoms with Crippen LogP contribution < -0.4 is 4.74 Å². The Labute approximate surface area is 206 Å². The molecule has 1 heterocycles. The Balaban J connectivity index is 1.82. The number of morpholine rings is 1. The van der Waals surface area contributed by atoms with Gasteiger partial charge in [-0.1, -0.05) is 72.8 Å². The average molecular weight is 474 g/mol. The van der Waals surface area contributed by atoms with Crippen molar-refractivity contribution in [2.24, 2.45) is 0 Å². The average Bonchev–Trinajstić information content (AvgIpc) is 2.85. The molecule has 0 spiro atoms. The lowest BCUT2D eigenvalue weighted by molar-refractivity contribution is -0.174. The first-order valence-corrected chi connectivity index (χ1v) is 11.7. The number of ether oxygens (including phenoxy) is 3. The highest BCUT2D eigenvalue weighted by Crippen LogP contribution is 2.43. The SMILES string of the molecule is COc1cccc(C[C@@H]2C(=O)O[C@@H](c3ccccc3)[C@@H](c3ccccc3)N2C(=O)OC(C)(C)C)c1. The number of benzene rings is 3. The van der Waals surface area contributed by atoms with Crippen molar-refractivity contribution in [1.29, 1.82) is 0 Å². The molecule has 3 atom stereocenters. The van der Waals surface area contributed by atoms with E-state index in [0.717, 1.165) is 16.7 Å². The number of hydrogen-bond acceptors (Lipinski definition) is 5. The summed E-state index contributed by atoms with van der Waals surface area (Å²) in [5, 5.41) is 0. The Morgan fingerprint density at radius 3 is 2.14 bits per heavy atom. The van der Waals surface area contributed by atoms with Gasteiger partial charge in [-0.15, -0.1) is 0 Å². The van der Waals surface area contributed by atoms with E-state index in [4.69, 9.17) is 14.2 Å². The van der Waals surface area contributed by atoms with Gasteiger partial charge in [-0.05, 0) is 49.6 Å². The van der Waals surface area contributed by atoms with E-state index in [1.54, 1.807) is 12.0 Å². The lowest BCUT2D eigenvalue weighted by Crippen LogP contribution is -2.56. The maximum atomic E-state index is 13.7. The monoisotopic (exact) mass is 473 g/mol. The number of amides is 1. The molecule has 6 heteroatoms. The molecule has 1 fully saturated rings. The summed E-state index contributed by atoms with van der Waals surface area (Å²) >= 11 is 0. The van der Waals surface area contributed by atoms with Crippen LogP contribution in [0.4, 0.5) is 4.79 Å². The summed E-state index contributed by atoms with van der Waals surface area (Å²) in [6.45, 7) is 5.45. The predicted molar refractivity (Wildman–Crippen MR) is 133 cm³/mol. The third-order valence-corrected chi connectivity index (χ3v) is 5.87. The minimum Gasteiger partial charge on any atom is -0.497 e. The standard InChI is InChI=1S/C29H31NO5/c1-29(2,3)35-28(32)30-24(19-20-12-11-17-23(18-20)33-4)27(31)34-26(22-15-9-6-10-16-22)25(30)21-13-7-5-8-14-21/h5-18,24-26H,19H2,1-4H3/t24-,25-,26+/m1/s1. The number of methoxy groups -OCH3 is 1. The Morgan fingerprint density at radius 1 is 0.914 bits per heavy atom. The Kier molecular flexibility index (Phi) is 7.10. The van der Waals surface area contributed by atoms with Crippen molar-refractivity contribution in [3.63, 3.8) is 0 Å². The molecular formula is C29H31NO5. The zero-order valence-electron chi connectivity index (χ0n) is 20.5. The normalized spacial score (nSPS) is 20.2. The van der Waals surface area contributed by atoms with Gasteiger partial charge in [0.25, 0.3) is 0 Å². The van der Waals surface area contributed by atoms with Crippen LogP contribution in [0, 0.1) is 0 Å². The quantitative estimate of drug-likeness (QED) is 0.433. The van der Waals surface area contributed by atoms with Crippen molar-refractivity contribution in [2.45, 2.75) is 51.0 Å². The van der Waals surface area contributed by atoms with Gasteiger partial charge in [0.2, 0.25) is 0 Å². The van der Waals surface area contributed by atoms with E-state index >= 15 is 0 Å². The van der Waals surface area contributed by atoms with E-state index in [1.165, 1.54) is 0 Å². The summed E-state index contributed by atoms with van der Waals surface area (Å²) in [6, 6.07) is 25.2. The smallest absolute Gasteiger partial charge is 0.411 e. The Morgan fingerprint density at radius 2 is 1.54 bits per heavy atom. The molecule has 182 valence electrons. The van der Waals surface area contributed by atoms with Crippen LogP contribution in [0.5, 0.6) is 5.75 Å². The van der Waals surface area contributed by atoms with E-state index < -0.39 is 35.9 Å². The highest BCUT2D eigenvalue weighted by Gasteiger charge is 2.49. The van der Waals surface area contributed by atoms with Gasteiger partial charge in [0.1, 0.15) is 23.4 Å². The first-order valence-electron chi connectivity index (χ1n) is 11.7. The molecule has 0 aliphatic carbocycles. The van der Waals surface area contributed by atoms with Crippen LogP contribution in [0.3, 0.4) is 0 Å². The van der Waals surface area contributed by atoms with E-state index in [2.05, 4.69) is 0 Å². The van der Waals surface area contributed by atoms with Gasteiger partial charge < -0.3 is 14.2 Å². The number of carbonyl (C=O) groups excluding carboxylic acids is 2. The third-order valence-electron chi connectivity index (χ3n) is 5.87. The fourth-order valence-corrected chi connectivity index (χ4v) is 4.36. The van der Waals surface area contributed by atoms with Gasteiger partial charge in [0, 0.05) is 6.42 Å². The van der Waals surface area contributed by atoms with E-state index in [-0.39, 0.29) is 6.42 Å². The molecule has 1 aliphatic rings. The predicted octanol–water partition coefficient (Wildman–Crippen LogP) is 5.88. The second kappa shape index (κ2) is 10.2. The number of cyclic esters (lactones) is 1. The van der Waals surface area contributed by atoms with Crippen LogP contribution in [-0.4, -0.2) is 35.7 Å². The van der Waals surface area contributed by atoms with Gasteiger partial charge in [0.15, 0.2) is 6.10 Å². The minimum absolute atomic E-state index is 0.264. The zero-order chi connectivity index (χ0) is 25.0. The van der Waals surface area contributed by atoms with E-state index in [0.29, 0.717) is 5.75 Å². The number of nitrogens with zero attached hydrogens (tertiary/aromatic N) is 1. The molecule has 0 unspecified atom stereocenters. The summed E-state index contributed by atoms with van der Waals surface area (Å²) in [7, 11) is 1.59. The van der Waals surface area contributed by atoms with Gasteiger partial charge in [-0.25, -0.2) is 9.59 Å². The Hall–Kier alpha value is -3.80.